The molecule has 1 saturated heterocycles. The third-order valence-electron chi connectivity index (χ3n) is 5.46. The second-order valence-corrected chi connectivity index (χ2v) is 7.41. The van der Waals surface area contributed by atoms with Gasteiger partial charge < -0.3 is 10.2 Å². The molecule has 2 aromatic heterocycles. The van der Waals surface area contributed by atoms with E-state index in [1.807, 2.05) is 44.0 Å². The lowest BCUT2D eigenvalue weighted by molar-refractivity contribution is -0.132. The summed E-state index contributed by atoms with van der Waals surface area (Å²) in [5, 5.41) is 3.33. The van der Waals surface area contributed by atoms with Gasteiger partial charge in [0.25, 0.3) is 0 Å². The largest absolute Gasteiger partial charge is 0.342 e. The minimum Gasteiger partial charge on any atom is -0.342 e. The van der Waals surface area contributed by atoms with Crippen LogP contribution in [0.3, 0.4) is 0 Å². The molecule has 1 amide bonds. The quantitative estimate of drug-likeness (QED) is 0.794. The molecule has 6 heteroatoms. The van der Waals surface area contributed by atoms with Gasteiger partial charge in [0.15, 0.2) is 0 Å². The molecule has 6 nitrogen and oxygen atoms in total. The molecule has 0 aliphatic carbocycles. The van der Waals surface area contributed by atoms with E-state index < -0.39 is 0 Å². The molecule has 1 atom stereocenters. The summed E-state index contributed by atoms with van der Waals surface area (Å²) in [6.45, 7) is 10.0. The lowest BCUT2D eigenvalue weighted by atomic mass is 9.94. The van der Waals surface area contributed by atoms with Crippen molar-refractivity contribution in [1.29, 1.82) is 0 Å². The fraction of sp³-hybridized carbons (Fsp3) is 0.500. The molecule has 0 aromatic carbocycles. The van der Waals surface area contributed by atoms with Gasteiger partial charge in [0.05, 0.1) is 18.4 Å². The number of hydrogen-bond acceptors (Lipinski definition) is 5. The lowest BCUT2D eigenvalue weighted by Gasteiger charge is -2.33. The highest BCUT2D eigenvalue weighted by atomic mass is 16.2. The first-order valence-corrected chi connectivity index (χ1v) is 10.3. The van der Waals surface area contributed by atoms with E-state index in [-0.39, 0.29) is 5.91 Å². The van der Waals surface area contributed by atoms with Crippen molar-refractivity contribution < 1.29 is 4.79 Å². The van der Waals surface area contributed by atoms with Gasteiger partial charge in [0.2, 0.25) is 5.91 Å². The number of likely N-dealkylation sites (tertiary alicyclic amines) is 1. The molecule has 150 valence electrons. The van der Waals surface area contributed by atoms with E-state index in [4.69, 9.17) is 4.98 Å². The van der Waals surface area contributed by atoms with Crippen molar-refractivity contribution in [3.8, 4) is 0 Å². The topological polar surface area (TPSA) is 61.4 Å². The first kappa shape index (κ1) is 20.3. The van der Waals surface area contributed by atoms with Gasteiger partial charge in [-0.3, -0.25) is 14.7 Å². The Balaban J connectivity index is 1.60. The van der Waals surface area contributed by atoms with Crippen molar-refractivity contribution in [3.05, 3.63) is 47.9 Å². The van der Waals surface area contributed by atoms with Gasteiger partial charge in [-0.1, -0.05) is 6.07 Å². The van der Waals surface area contributed by atoms with Gasteiger partial charge in [-0.05, 0) is 63.9 Å². The number of aromatic nitrogens is 2. The molecule has 28 heavy (non-hydrogen) atoms. The highest BCUT2D eigenvalue weighted by Crippen LogP contribution is 2.27. The number of amides is 1. The number of carbonyl (C=O) groups is 1. The van der Waals surface area contributed by atoms with E-state index >= 15 is 0 Å². The van der Waals surface area contributed by atoms with Crippen molar-refractivity contribution in [2.45, 2.75) is 39.5 Å². The van der Waals surface area contributed by atoms with Crippen molar-refractivity contribution in [2.24, 2.45) is 0 Å². The normalized spacial score (nSPS) is 17.3. The summed E-state index contributed by atoms with van der Waals surface area (Å²) in [5.41, 5.74) is 3.14. The number of piperidine rings is 1. The van der Waals surface area contributed by atoms with Crippen LogP contribution in [0.1, 0.15) is 43.9 Å². The van der Waals surface area contributed by atoms with Crippen LogP contribution in [0.2, 0.25) is 0 Å². The number of rotatable bonds is 7. The van der Waals surface area contributed by atoms with Crippen LogP contribution in [-0.4, -0.2) is 58.4 Å². The summed E-state index contributed by atoms with van der Waals surface area (Å²) in [6.07, 6.45) is 5.89. The van der Waals surface area contributed by atoms with Crippen molar-refractivity contribution in [3.63, 3.8) is 0 Å². The van der Waals surface area contributed by atoms with E-state index in [2.05, 4.69) is 27.3 Å². The third kappa shape index (κ3) is 5.07. The molecule has 1 fully saturated rings. The van der Waals surface area contributed by atoms with Crippen LogP contribution in [0.15, 0.2) is 36.7 Å². The van der Waals surface area contributed by atoms with Gasteiger partial charge in [0, 0.05) is 37.4 Å². The van der Waals surface area contributed by atoms with Crippen LogP contribution in [0.25, 0.3) is 0 Å². The monoisotopic (exact) mass is 381 g/mol. The Morgan fingerprint density at radius 1 is 1.25 bits per heavy atom. The summed E-state index contributed by atoms with van der Waals surface area (Å²) in [4.78, 5) is 25.7. The standard InChI is InChI=1S/C22H31N5O/c1-4-27(5-2)21(28)16-26-13-7-9-18(15-26)20-11-10-19(14-24-20)25-22-17(3)8-6-12-23-22/h6,8,10-12,14,18H,4-5,7,9,13,15-16H2,1-3H3,(H,23,25)/t18-/m0/s1. The molecule has 0 bridgehead atoms. The zero-order chi connectivity index (χ0) is 19.9. The van der Waals surface area contributed by atoms with Crippen LogP contribution in [0, 0.1) is 6.92 Å². The fourth-order valence-corrected chi connectivity index (χ4v) is 3.78. The third-order valence-corrected chi connectivity index (χ3v) is 5.46. The van der Waals surface area contributed by atoms with Crippen LogP contribution in [0.4, 0.5) is 11.5 Å². The molecule has 1 aliphatic heterocycles. The maximum Gasteiger partial charge on any atom is 0.236 e. The number of nitrogens with one attached hydrogen (secondary N) is 1. The van der Waals surface area contributed by atoms with E-state index in [0.29, 0.717) is 12.5 Å². The maximum absolute atomic E-state index is 12.4. The Morgan fingerprint density at radius 2 is 2.07 bits per heavy atom. The van der Waals surface area contributed by atoms with Gasteiger partial charge in [-0.15, -0.1) is 0 Å². The van der Waals surface area contributed by atoms with Crippen molar-refractivity contribution >= 4 is 17.4 Å². The smallest absolute Gasteiger partial charge is 0.236 e. The van der Waals surface area contributed by atoms with Crippen molar-refractivity contribution in [2.75, 3.05) is 38.0 Å². The fourth-order valence-electron chi connectivity index (χ4n) is 3.78. The Morgan fingerprint density at radius 3 is 2.75 bits per heavy atom. The van der Waals surface area contributed by atoms with Gasteiger partial charge in [-0.25, -0.2) is 4.98 Å². The molecule has 0 radical (unpaired) electrons. The highest BCUT2D eigenvalue weighted by Gasteiger charge is 2.24. The molecule has 1 aliphatic rings. The van der Waals surface area contributed by atoms with Gasteiger partial charge in [-0.2, -0.15) is 0 Å². The van der Waals surface area contributed by atoms with Crippen molar-refractivity contribution in [1.82, 2.24) is 19.8 Å². The zero-order valence-corrected chi connectivity index (χ0v) is 17.2. The summed E-state index contributed by atoms with van der Waals surface area (Å²) in [6, 6.07) is 8.13. The molecular formula is C22H31N5O. The van der Waals surface area contributed by atoms with E-state index in [9.17, 15) is 4.79 Å². The zero-order valence-electron chi connectivity index (χ0n) is 17.2. The Labute approximate surface area is 168 Å². The number of nitrogens with zero attached hydrogens (tertiary/aromatic N) is 4. The number of likely N-dealkylation sites (N-methyl/N-ethyl adjacent to an activating group) is 1. The average molecular weight is 382 g/mol. The number of anilines is 2. The second-order valence-electron chi connectivity index (χ2n) is 7.41. The Kier molecular flexibility index (Phi) is 6.98. The minimum absolute atomic E-state index is 0.226. The summed E-state index contributed by atoms with van der Waals surface area (Å²) >= 11 is 0. The number of aryl methyl sites for hydroxylation is 1. The minimum atomic E-state index is 0.226. The van der Waals surface area contributed by atoms with E-state index in [1.54, 1.807) is 6.20 Å². The SMILES string of the molecule is CCN(CC)C(=O)CN1CCC[C@H](c2ccc(Nc3ncccc3C)cn2)C1. The van der Waals surface area contributed by atoms with Gasteiger partial charge in [0.1, 0.15) is 5.82 Å². The van der Waals surface area contributed by atoms with Crippen LogP contribution in [0.5, 0.6) is 0 Å². The molecule has 3 rings (SSSR count). The maximum atomic E-state index is 12.4. The Hall–Kier alpha value is -2.47. The molecule has 0 spiro atoms. The Bertz CT molecular complexity index is 773. The summed E-state index contributed by atoms with van der Waals surface area (Å²) in [7, 11) is 0. The van der Waals surface area contributed by atoms with Gasteiger partial charge >= 0.3 is 0 Å². The molecule has 3 heterocycles. The average Bonchev–Trinajstić information content (AvgIpc) is 2.71. The van der Waals surface area contributed by atoms with Crippen LogP contribution in [-0.2, 0) is 4.79 Å². The predicted octanol–water partition coefficient (Wildman–Crippen LogP) is 3.58. The van der Waals surface area contributed by atoms with E-state index in [0.717, 1.165) is 61.8 Å². The first-order valence-electron chi connectivity index (χ1n) is 10.3. The molecule has 0 unspecified atom stereocenters. The summed E-state index contributed by atoms with van der Waals surface area (Å²) in [5.74, 6) is 1.46. The number of pyridine rings is 2. The molecule has 0 saturated carbocycles. The molecular weight excluding hydrogens is 350 g/mol. The first-order chi connectivity index (χ1) is 13.6. The van der Waals surface area contributed by atoms with Crippen LogP contribution >= 0.6 is 0 Å². The van der Waals surface area contributed by atoms with Crippen LogP contribution < -0.4 is 5.32 Å². The van der Waals surface area contributed by atoms with E-state index in [1.165, 1.54) is 0 Å². The lowest BCUT2D eigenvalue weighted by Crippen LogP contribution is -2.43. The summed E-state index contributed by atoms with van der Waals surface area (Å²) < 4.78 is 0. The second kappa shape index (κ2) is 9.64. The highest BCUT2D eigenvalue weighted by molar-refractivity contribution is 5.78. The number of hydrogen-bond donors (Lipinski definition) is 1. The number of carbonyl (C=O) groups excluding carboxylic acids is 1. The molecule has 2 aromatic rings. The molecule has 1 N–H and O–H groups in total. The predicted molar refractivity (Wildman–Crippen MR) is 113 cm³/mol.